The second-order valence-electron chi connectivity index (χ2n) is 4.59. The number of halogens is 1. The van der Waals surface area contributed by atoms with Crippen molar-refractivity contribution in [3.8, 4) is 5.88 Å². The smallest absolute Gasteiger partial charge is 0.232 e. The van der Waals surface area contributed by atoms with Gasteiger partial charge in [0.25, 0.3) is 0 Å². The van der Waals surface area contributed by atoms with Crippen LogP contribution in [0.1, 0.15) is 19.3 Å². The van der Waals surface area contributed by atoms with Gasteiger partial charge in [-0.15, -0.1) is 0 Å². The lowest BCUT2D eigenvalue weighted by molar-refractivity contribution is 0.309. The van der Waals surface area contributed by atoms with Gasteiger partial charge in [-0.1, -0.05) is 18.0 Å². The summed E-state index contributed by atoms with van der Waals surface area (Å²) < 4.78 is 5.43. The monoisotopic (exact) mass is 282 g/mol. The van der Waals surface area contributed by atoms with E-state index < -0.39 is 0 Å². The SMILES string of the molecule is NC(=NCC1CCC1)NCCOc1ncccc1Cl. The Bertz CT molecular complexity index is 434. The van der Waals surface area contributed by atoms with E-state index in [0.29, 0.717) is 30.0 Å². The molecule has 0 amide bonds. The van der Waals surface area contributed by atoms with Gasteiger partial charge in [0.2, 0.25) is 5.88 Å². The highest BCUT2D eigenvalue weighted by Gasteiger charge is 2.16. The van der Waals surface area contributed by atoms with E-state index in [4.69, 9.17) is 22.1 Å². The number of aliphatic imine (C=N–C) groups is 1. The van der Waals surface area contributed by atoms with Crippen molar-refractivity contribution in [3.63, 3.8) is 0 Å². The summed E-state index contributed by atoms with van der Waals surface area (Å²) in [4.78, 5) is 8.32. The van der Waals surface area contributed by atoms with Crippen LogP contribution < -0.4 is 15.8 Å². The lowest BCUT2D eigenvalue weighted by Crippen LogP contribution is -2.35. The number of aromatic nitrogens is 1. The molecule has 6 heteroatoms. The van der Waals surface area contributed by atoms with Crippen LogP contribution >= 0.6 is 11.6 Å². The minimum atomic E-state index is 0.441. The third-order valence-corrected chi connectivity index (χ3v) is 3.40. The van der Waals surface area contributed by atoms with Crippen molar-refractivity contribution in [3.05, 3.63) is 23.4 Å². The summed E-state index contributed by atoms with van der Waals surface area (Å²) in [6.07, 6.45) is 5.52. The second-order valence-corrected chi connectivity index (χ2v) is 5.00. The Labute approximate surface area is 118 Å². The molecule has 19 heavy (non-hydrogen) atoms. The first-order valence-electron chi connectivity index (χ1n) is 6.53. The van der Waals surface area contributed by atoms with Gasteiger partial charge in [-0.25, -0.2) is 4.98 Å². The first kappa shape index (κ1) is 13.9. The van der Waals surface area contributed by atoms with Crippen molar-refractivity contribution in [2.75, 3.05) is 19.7 Å². The van der Waals surface area contributed by atoms with Gasteiger partial charge in [-0.3, -0.25) is 4.99 Å². The largest absolute Gasteiger partial charge is 0.475 e. The second kappa shape index (κ2) is 7.19. The number of nitrogens with zero attached hydrogens (tertiary/aromatic N) is 2. The molecule has 0 atom stereocenters. The summed E-state index contributed by atoms with van der Waals surface area (Å²) in [7, 11) is 0. The zero-order valence-corrected chi connectivity index (χ0v) is 11.6. The minimum Gasteiger partial charge on any atom is -0.475 e. The lowest BCUT2D eigenvalue weighted by Gasteiger charge is -2.23. The maximum Gasteiger partial charge on any atom is 0.232 e. The summed E-state index contributed by atoms with van der Waals surface area (Å²) in [5, 5.41) is 3.52. The highest BCUT2D eigenvalue weighted by Crippen LogP contribution is 2.26. The summed E-state index contributed by atoms with van der Waals surface area (Å²) in [6.45, 7) is 1.84. The Hall–Kier alpha value is -1.49. The van der Waals surface area contributed by atoms with Crippen LogP contribution in [0.25, 0.3) is 0 Å². The van der Waals surface area contributed by atoms with Crippen LogP contribution in [-0.2, 0) is 0 Å². The van der Waals surface area contributed by atoms with E-state index >= 15 is 0 Å². The molecule has 1 fully saturated rings. The number of pyridine rings is 1. The third-order valence-electron chi connectivity index (χ3n) is 3.12. The van der Waals surface area contributed by atoms with E-state index in [1.807, 2.05) is 0 Å². The molecule has 1 aromatic rings. The summed E-state index contributed by atoms with van der Waals surface area (Å²) in [5.41, 5.74) is 5.75. The highest BCUT2D eigenvalue weighted by molar-refractivity contribution is 6.31. The highest BCUT2D eigenvalue weighted by atomic mass is 35.5. The van der Waals surface area contributed by atoms with E-state index in [1.54, 1.807) is 18.3 Å². The van der Waals surface area contributed by atoms with Gasteiger partial charge in [0, 0.05) is 12.7 Å². The standard InChI is InChI=1S/C13H19ClN4O/c14-11-5-2-6-16-12(11)19-8-7-17-13(15)18-9-10-3-1-4-10/h2,5-6,10H,1,3-4,7-9H2,(H3,15,17,18). The molecular formula is C13H19ClN4O. The fourth-order valence-electron chi connectivity index (χ4n) is 1.76. The number of hydrogen-bond acceptors (Lipinski definition) is 3. The molecule has 0 bridgehead atoms. The average Bonchev–Trinajstić information content (AvgIpc) is 2.35. The van der Waals surface area contributed by atoms with Crippen molar-refractivity contribution in [2.45, 2.75) is 19.3 Å². The molecule has 0 aromatic carbocycles. The van der Waals surface area contributed by atoms with Gasteiger partial charge < -0.3 is 15.8 Å². The van der Waals surface area contributed by atoms with Gasteiger partial charge in [-0.2, -0.15) is 0 Å². The topological polar surface area (TPSA) is 72.5 Å². The van der Waals surface area contributed by atoms with Crippen LogP contribution in [0.3, 0.4) is 0 Å². The molecule has 1 saturated carbocycles. The minimum absolute atomic E-state index is 0.441. The van der Waals surface area contributed by atoms with Crippen molar-refractivity contribution in [2.24, 2.45) is 16.6 Å². The van der Waals surface area contributed by atoms with Crippen molar-refractivity contribution in [1.82, 2.24) is 10.3 Å². The number of nitrogens with one attached hydrogen (secondary N) is 1. The molecule has 2 rings (SSSR count). The molecule has 0 saturated heterocycles. The maximum absolute atomic E-state index is 5.92. The normalized spacial score (nSPS) is 15.9. The van der Waals surface area contributed by atoms with Crippen LogP contribution in [0.15, 0.2) is 23.3 Å². The van der Waals surface area contributed by atoms with Crippen molar-refractivity contribution >= 4 is 17.6 Å². The van der Waals surface area contributed by atoms with Gasteiger partial charge in [0.15, 0.2) is 5.96 Å². The number of nitrogens with two attached hydrogens (primary N) is 1. The Morgan fingerprint density at radius 3 is 3.11 bits per heavy atom. The Kier molecular flexibility index (Phi) is 5.27. The first-order chi connectivity index (χ1) is 9.25. The molecule has 1 aliphatic rings. The van der Waals surface area contributed by atoms with Crippen LogP contribution in [0, 0.1) is 5.92 Å². The van der Waals surface area contributed by atoms with E-state index in [-0.39, 0.29) is 0 Å². The summed E-state index contributed by atoms with van der Waals surface area (Å²) >= 11 is 5.92. The molecule has 104 valence electrons. The molecule has 0 radical (unpaired) electrons. The average molecular weight is 283 g/mol. The molecule has 3 N–H and O–H groups in total. The van der Waals surface area contributed by atoms with Gasteiger partial charge in [0.1, 0.15) is 11.6 Å². The zero-order valence-electron chi connectivity index (χ0n) is 10.8. The molecule has 1 heterocycles. The number of ether oxygens (including phenoxy) is 1. The Morgan fingerprint density at radius 1 is 1.58 bits per heavy atom. The first-order valence-corrected chi connectivity index (χ1v) is 6.90. The maximum atomic E-state index is 5.92. The molecule has 0 spiro atoms. The third kappa shape index (κ3) is 4.59. The van der Waals surface area contributed by atoms with Crippen molar-refractivity contribution in [1.29, 1.82) is 0 Å². The van der Waals surface area contributed by atoms with Crippen LogP contribution in [0.5, 0.6) is 5.88 Å². The van der Waals surface area contributed by atoms with E-state index in [1.165, 1.54) is 19.3 Å². The number of guanidine groups is 1. The van der Waals surface area contributed by atoms with E-state index in [0.717, 1.165) is 12.5 Å². The quantitative estimate of drug-likeness (QED) is 0.474. The molecule has 5 nitrogen and oxygen atoms in total. The van der Waals surface area contributed by atoms with Gasteiger partial charge in [-0.05, 0) is 30.9 Å². The fraction of sp³-hybridized carbons (Fsp3) is 0.538. The number of rotatable bonds is 6. The van der Waals surface area contributed by atoms with Crippen LogP contribution in [-0.4, -0.2) is 30.6 Å². The fourth-order valence-corrected chi connectivity index (χ4v) is 1.94. The van der Waals surface area contributed by atoms with Crippen LogP contribution in [0.2, 0.25) is 5.02 Å². The van der Waals surface area contributed by atoms with Gasteiger partial charge >= 0.3 is 0 Å². The molecular weight excluding hydrogens is 264 g/mol. The van der Waals surface area contributed by atoms with Crippen molar-refractivity contribution < 1.29 is 4.74 Å². The number of hydrogen-bond donors (Lipinski definition) is 2. The summed E-state index contributed by atoms with van der Waals surface area (Å²) in [6, 6.07) is 3.50. The molecule has 0 aliphatic heterocycles. The Balaban J connectivity index is 1.62. The molecule has 0 unspecified atom stereocenters. The van der Waals surface area contributed by atoms with E-state index in [9.17, 15) is 0 Å². The van der Waals surface area contributed by atoms with Crippen LogP contribution in [0.4, 0.5) is 0 Å². The Morgan fingerprint density at radius 2 is 2.42 bits per heavy atom. The molecule has 1 aliphatic carbocycles. The van der Waals surface area contributed by atoms with E-state index in [2.05, 4.69) is 15.3 Å². The predicted molar refractivity (Wildman–Crippen MR) is 76.6 cm³/mol. The molecule has 1 aromatic heterocycles. The lowest BCUT2D eigenvalue weighted by atomic mass is 9.86. The zero-order chi connectivity index (χ0) is 13.5. The van der Waals surface area contributed by atoms with Gasteiger partial charge in [0.05, 0.1) is 6.54 Å². The summed E-state index contributed by atoms with van der Waals surface area (Å²) in [5.74, 6) is 1.64. The predicted octanol–water partition coefficient (Wildman–Crippen LogP) is 1.82.